The van der Waals surface area contributed by atoms with Crippen molar-refractivity contribution in [2.24, 2.45) is 5.92 Å². The zero-order valence-electron chi connectivity index (χ0n) is 13.0. The highest BCUT2D eigenvalue weighted by Gasteiger charge is 2.30. The summed E-state index contributed by atoms with van der Waals surface area (Å²) in [6.07, 6.45) is 5.91. The lowest BCUT2D eigenvalue weighted by atomic mass is 9.86. The van der Waals surface area contributed by atoms with Crippen molar-refractivity contribution in [3.63, 3.8) is 0 Å². The van der Waals surface area contributed by atoms with E-state index in [2.05, 4.69) is 20.0 Å². The third-order valence-electron chi connectivity index (χ3n) is 3.84. The van der Waals surface area contributed by atoms with Crippen LogP contribution in [0.15, 0.2) is 18.5 Å². The fraction of sp³-hybridized carbons (Fsp3) is 0.600. The summed E-state index contributed by atoms with van der Waals surface area (Å²) in [4.78, 5) is 31.6. The summed E-state index contributed by atoms with van der Waals surface area (Å²) in [5.41, 5.74) is 0. The minimum absolute atomic E-state index is 0.0179. The molecule has 1 heterocycles. The van der Waals surface area contributed by atoms with Crippen molar-refractivity contribution in [1.29, 1.82) is 0 Å². The van der Waals surface area contributed by atoms with Crippen LogP contribution in [0.4, 0.5) is 0 Å². The van der Waals surface area contributed by atoms with E-state index in [4.69, 9.17) is 9.84 Å². The van der Waals surface area contributed by atoms with Gasteiger partial charge in [-0.1, -0.05) is 0 Å². The molecule has 0 saturated heterocycles. The van der Waals surface area contributed by atoms with Gasteiger partial charge in [0.1, 0.15) is 6.10 Å². The van der Waals surface area contributed by atoms with Crippen LogP contribution in [0, 0.1) is 5.92 Å². The molecule has 1 amide bonds. The van der Waals surface area contributed by atoms with Gasteiger partial charge in [-0.15, -0.1) is 0 Å². The van der Waals surface area contributed by atoms with Crippen molar-refractivity contribution in [3.05, 3.63) is 18.5 Å². The molecule has 1 fully saturated rings. The van der Waals surface area contributed by atoms with E-state index in [-0.39, 0.29) is 17.9 Å². The van der Waals surface area contributed by atoms with E-state index < -0.39 is 18.6 Å². The maximum Gasteiger partial charge on any atom is 0.330 e. The van der Waals surface area contributed by atoms with E-state index in [9.17, 15) is 9.59 Å². The van der Waals surface area contributed by atoms with Crippen molar-refractivity contribution in [3.8, 4) is 6.01 Å². The van der Waals surface area contributed by atoms with Crippen molar-refractivity contribution < 1.29 is 24.2 Å². The number of carbonyl (C=O) groups is 2. The van der Waals surface area contributed by atoms with Crippen LogP contribution < -0.4 is 10.1 Å². The van der Waals surface area contributed by atoms with Crippen LogP contribution in [0.25, 0.3) is 0 Å². The van der Waals surface area contributed by atoms with E-state index in [1.807, 2.05) is 0 Å². The van der Waals surface area contributed by atoms with E-state index in [1.54, 1.807) is 18.5 Å². The molecule has 1 atom stereocenters. The van der Waals surface area contributed by atoms with Gasteiger partial charge in [-0.05, 0) is 31.7 Å². The van der Waals surface area contributed by atoms with Gasteiger partial charge in [0, 0.05) is 18.3 Å². The van der Waals surface area contributed by atoms with Crippen LogP contribution in [0.1, 0.15) is 25.7 Å². The topological polar surface area (TPSA) is 111 Å². The van der Waals surface area contributed by atoms with E-state index in [1.165, 1.54) is 7.11 Å². The zero-order valence-corrected chi connectivity index (χ0v) is 13.0. The number of nitrogens with zero attached hydrogens (tertiary/aromatic N) is 2. The first-order valence-electron chi connectivity index (χ1n) is 7.56. The Kier molecular flexibility index (Phi) is 6.28. The molecule has 0 radical (unpaired) electrons. The molecule has 0 aliphatic heterocycles. The van der Waals surface area contributed by atoms with Gasteiger partial charge in [-0.25, -0.2) is 14.8 Å². The quantitative estimate of drug-likeness (QED) is 0.712. The minimum Gasteiger partial charge on any atom is -0.467 e. The molecule has 8 nitrogen and oxygen atoms in total. The summed E-state index contributed by atoms with van der Waals surface area (Å²) in [6, 6.07) is 1.04. The van der Waals surface area contributed by atoms with Gasteiger partial charge >= 0.3 is 12.0 Å². The summed E-state index contributed by atoms with van der Waals surface area (Å²) in [5, 5.41) is 11.7. The average Bonchev–Trinajstić information content (AvgIpc) is 2.60. The second kappa shape index (κ2) is 8.42. The Morgan fingerprint density at radius 1 is 1.30 bits per heavy atom. The van der Waals surface area contributed by atoms with Gasteiger partial charge in [0.25, 0.3) is 0 Å². The highest BCUT2D eigenvalue weighted by molar-refractivity contribution is 5.85. The normalized spacial score (nSPS) is 22.0. The van der Waals surface area contributed by atoms with Crippen LogP contribution in [-0.4, -0.2) is 52.8 Å². The maximum absolute atomic E-state index is 12.2. The molecule has 1 saturated carbocycles. The van der Waals surface area contributed by atoms with Crippen LogP contribution in [0.3, 0.4) is 0 Å². The highest BCUT2D eigenvalue weighted by Crippen LogP contribution is 2.26. The summed E-state index contributed by atoms with van der Waals surface area (Å²) < 4.78 is 10.2. The van der Waals surface area contributed by atoms with Gasteiger partial charge in [0.15, 0.2) is 6.04 Å². The molecular formula is C15H21N3O5. The SMILES string of the molecule is COC(=O)C(CO)NC(=O)C1CCC(Oc2ncccn2)CC1. The number of nitrogens with one attached hydrogen (secondary N) is 1. The average molecular weight is 323 g/mol. The van der Waals surface area contributed by atoms with Crippen LogP contribution in [0.5, 0.6) is 6.01 Å². The first-order valence-corrected chi connectivity index (χ1v) is 7.56. The largest absolute Gasteiger partial charge is 0.467 e. The molecule has 126 valence electrons. The van der Waals surface area contributed by atoms with Crippen molar-refractivity contribution >= 4 is 11.9 Å². The molecule has 0 bridgehead atoms. The lowest BCUT2D eigenvalue weighted by molar-refractivity contribution is -0.147. The summed E-state index contributed by atoms with van der Waals surface area (Å²) >= 11 is 0. The number of carbonyl (C=O) groups excluding carboxylic acids is 2. The number of hydrogen-bond acceptors (Lipinski definition) is 7. The lowest BCUT2D eigenvalue weighted by Gasteiger charge is -2.28. The van der Waals surface area contributed by atoms with Crippen molar-refractivity contribution in [1.82, 2.24) is 15.3 Å². The smallest absolute Gasteiger partial charge is 0.330 e. The molecule has 23 heavy (non-hydrogen) atoms. The van der Waals surface area contributed by atoms with Crippen molar-refractivity contribution in [2.45, 2.75) is 37.8 Å². The predicted octanol–water partition coefficient (Wildman–Crippen LogP) is 0.0643. The molecule has 1 aromatic heterocycles. The third kappa shape index (κ3) is 4.88. The Bertz CT molecular complexity index is 517. The first-order chi connectivity index (χ1) is 11.1. The number of aromatic nitrogens is 2. The van der Waals surface area contributed by atoms with Crippen molar-refractivity contribution in [2.75, 3.05) is 13.7 Å². The van der Waals surface area contributed by atoms with Crippen LogP contribution in [-0.2, 0) is 14.3 Å². The Morgan fingerprint density at radius 2 is 1.96 bits per heavy atom. The highest BCUT2D eigenvalue weighted by atomic mass is 16.5. The minimum atomic E-state index is -1.01. The van der Waals surface area contributed by atoms with Crippen LogP contribution in [0.2, 0.25) is 0 Å². The molecule has 0 aromatic carbocycles. The molecule has 1 aromatic rings. The number of aliphatic hydroxyl groups excluding tert-OH is 1. The van der Waals surface area contributed by atoms with Gasteiger partial charge in [0.05, 0.1) is 13.7 Å². The summed E-state index contributed by atoms with van der Waals surface area (Å²) in [7, 11) is 1.21. The molecule has 8 heteroatoms. The Morgan fingerprint density at radius 3 is 2.52 bits per heavy atom. The van der Waals surface area contributed by atoms with E-state index in [0.717, 1.165) is 0 Å². The lowest BCUT2D eigenvalue weighted by Crippen LogP contribution is -2.47. The molecular weight excluding hydrogens is 302 g/mol. The number of methoxy groups -OCH3 is 1. The fourth-order valence-electron chi connectivity index (χ4n) is 2.55. The standard InChI is InChI=1S/C15H21N3O5/c1-22-14(21)12(9-19)18-13(20)10-3-5-11(6-4-10)23-15-16-7-2-8-17-15/h2,7-8,10-12,19H,3-6,9H2,1H3,(H,18,20). The maximum atomic E-state index is 12.2. The van der Waals surface area contributed by atoms with E-state index in [0.29, 0.717) is 31.7 Å². The predicted molar refractivity (Wildman–Crippen MR) is 79.4 cm³/mol. The second-order valence-corrected chi connectivity index (χ2v) is 5.39. The number of ether oxygens (including phenoxy) is 2. The van der Waals surface area contributed by atoms with E-state index >= 15 is 0 Å². The second-order valence-electron chi connectivity index (χ2n) is 5.39. The molecule has 2 N–H and O–H groups in total. The first kappa shape index (κ1) is 17.1. The number of hydrogen-bond donors (Lipinski definition) is 2. The molecule has 0 spiro atoms. The number of amides is 1. The summed E-state index contributed by atoms with van der Waals surface area (Å²) in [5.74, 6) is -1.10. The molecule has 2 rings (SSSR count). The monoisotopic (exact) mass is 323 g/mol. The summed E-state index contributed by atoms with van der Waals surface area (Å²) in [6.45, 7) is -0.484. The Balaban J connectivity index is 1.79. The van der Waals surface area contributed by atoms with Gasteiger partial charge in [-0.2, -0.15) is 0 Å². The van der Waals surface area contributed by atoms with Gasteiger partial charge in [-0.3, -0.25) is 4.79 Å². The number of esters is 1. The third-order valence-corrected chi connectivity index (χ3v) is 3.84. The number of aliphatic hydroxyl groups is 1. The molecule has 1 aliphatic rings. The fourth-order valence-corrected chi connectivity index (χ4v) is 2.55. The van der Waals surface area contributed by atoms with Gasteiger partial charge in [0.2, 0.25) is 5.91 Å². The molecule has 1 unspecified atom stereocenters. The Hall–Kier alpha value is -2.22. The zero-order chi connectivity index (χ0) is 16.7. The van der Waals surface area contributed by atoms with Gasteiger partial charge < -0.3 is 19.9 Å². The Labute approximate surface area is 134 Å². The molecule has 1 aliphatic carbocycles. The number of rotatable bonds is 6. The van der Waals surface area contributed by atoms with Crippen LogP contribution >= 0.6 is 0 Å².